The van der Waals surface area contributed by atoms with Crippen molar-refractivity contribution in [2.45, 2.75) is 11.0 Å². The first-order valence-corrected chi connectivity index (χ1v) is 8.59. The minimum absolute atomic E-state index is 0.333. The molecule has 8 heteroatoms. The molecular formula is C16H18F2N2O3S. The van der Waals surface area contributed by atoms with Gasteiger partial charge >= 0.3 is 0 Å². The topological polar surface area (TPSA) is 69.6 Å². The quantitative estimate of drug-likeness (QED) is 0.831. The summed E-state index contributed by atoms with van der Waals surface area (Å²) in [5.41, 5.74) is 1.45. The van der Waals surface area contributed by atoms with Crippen molar-refractivity contribution in [3.05, 3.63) is 59.7 Å². The Labute approximate surface area is 139 Å². The Morgan fingerprint density at radius 2 is 1.75 bits per heavy atom. The van der Waals surface area contributed by atoms with Gasteiger partial charge in [-0.1, -0.05) is 12.1 Å². The van der Waals surface area contributed by atoms with Gasteiger partial charge in [0.1, 0.15) is 16.5 Å². The number of nitrogens with zero attached hydrogens (tertiary/aromatic N) is 1. The predicted molar refractivity (Wildman–Crippen MR) is 87.3 cm³/mol. The van der Waals surface area contributed by atoms with Crippen LogP contribution in [0.25, 0.3) is 0 Å². The highest BCUT2D eigenvalue weighted by Crippen LogP contribution is 2.19. The lowest BCUT2D eigenvalue weighted by Gasteiger charge is -2.16. The van der Waals surface area contributed by atoms with E-state index in [0.717, 1.165) is 17.8 Å². The van der Waals surface area contributed by atoms with Crippen LogP contribution in [-0.4, -0.2) is 34.2 Å². The first-order chi connectivity index (χ1) is 11.2. The number of hydrogen-bond donors (Lipinski definition) is 2. The van der Waals surface area contributed by atoms with E-state index in [4.69, 9.17) is 0 Å². The minimum atomic E-state index is -4.19. The lowest BCUT2D eigenvalue weighted by atomic mass is 10.1. The number of hydrogen-bond acceptors (Lipinski definition) is 4. The molecule has 0 spiro atoms. The van der Waals surface area contributed by atoms with Gasteiger partial charge in [0.15, 0.2) is 0 Å². The number of anilines is 1. The molecule has 2 N–H and O–H groups in total. The molecular weight excluding hydrogens is 338 g/mol. The van der Waals surface area contributed by atoms with Gasteiger partial charge in [0.25, 0.3) is 0 Å². The summed E-state index contributed by atoms with van der Waals surface area (Å²) in [6.07, 6.45) is -1.10. The number of benzene rings is 2. The fourth-order valence-electron chi connectivity index (χ4n) is 2.07. The third-order valence-corrected chi connectivity index (χ3v) is 4.90. The Kier molecular flexibility index (Phi) is 5.53. The molecule has 0 radical (unpaired) electrons. The summed E-state index contributed by atoms with van der Waals surface area (Å²) in [7, 11) is -0.449. The second-order valence-electron chi connectivity index (χ2n) is 5.43. The van der Waals surface area contributed by atoms with Crippen molar-refractivity contribution in [1.82, 2.24) is 4.72 Å². The second-order valence-corrected chi connectivity index (χ2v) is 7.16. The summed E-state index contributed by atoms with van der Waals surface area (Å²) in [6.45, 7) is -0.333. The van der Waals surface area contributed by atoms with Crippen LogP contribution >= 0.6 is 0 Å². The summed E-state index contributed by atoms with van der Waals surface area (Å²) in [5.74, 6) is -2.06. The summed E-state index contributed by atoms with van der Waals surface area (Å²) in [4.78, 5) is 1.22. The van der Waals surface area contributed by atoms with Crippen LogP contribution in [0.3, 0.4) is 0 Å². The molecule has 1 atom stereocenters. The molecule has 2 aromatic rings. The van der Waals surface area contributed by atoms with Crippen LogP contribution in [0, 0.1) is 11.6 Å². The Morgan fingerprint density at radius 1 is 1.12 bits per heavy atom. The van der Waals surface area contributed by atoms with E-state index in [9.17, 15) is 22.3 Å². The zero-order valence-electron chi connectivity index (χ0n) is 13.2. The van der Waals surface area contributed by atoms with Gasteiger partial charge in [0.2, 0.25) is 10.0 Å². The molecule has 0 bridgehead atoms. The fraction of sp³-hybridized carbons (Fsp3) is 0.250. The van der Waals surface area contributed by atoms with Gasteiger partial charge in [0.05, 0.1) is 6.10 Å². The molecule has 0 fully saturated rings. The second kappa shape index (κ2) is 7.25. The van der Waals surface area contributed by atoms with Gasteiger partial charge in [-0.05, 0) is 29.8 Å². The van der Waals surface area contributed by atoms with Crippen LogP contribution in [0.15, 0.2) is 47.4 Å². The van der Waals surface area contributed by atoms with Crippen LogP contribution < -0.4 is 9.62 Å². The normalized spacial score (nSPS) is 12.9. The SMILES string of the molecule is CN(C)c1ccc(C(O)CNS(=O)(=O)c2ccc(F)cc2F)cc1. The zero-order chi connectivity index (χ0) is 17.9. The average Bonchev–Trinajstić information content (AvgIpc) is 2.52. The van der Waals surface area contributed by atoms with Crippen molar-refractivity contribution in [3.63, 3.8) is 0 Å². The standard InChI is InChI=1S/C16H18F2N2O3S/c1-20(2)13-6-3-11(4-7-13)15(21)10-19-24(22,23)16-8-5-12(17)9-14(16)18/h3-9,15,19,21H,10H2,1-2H3. The van der Waals surface area contributed by atoms with Crippen LogP contribution in [-0.2, 0) is 10.0 Å². The molecule has 0 aliphatic rings. The van der Waals surface area contributed by atoms with Crippen molar-refractivity contribution in [1.29, 1.82) is 0 Å². The summed E-state index contributed by atoms with van der Waals surface area (Å²) < 4.78 is 52.7. The zero-order valence-corrected chi connectivity index (χ0v) is 14.0. The molecule has 0 saturated heterocycles. The van der Waals surface area contributed by atoms with Crippen molar-refractivity contribution in [2.24, 2.45) is 0 Å². The molecule has 2 aromatic carbocycles. The van der Waals surface area contributed by atoms with E-state index < -0.39 is 32.7 Å². The highest BCUT2D eigenvalue weighted by atomic mass is 32.2. The van der Waals surface area contributed by atoms with Gasteiger partial charge in [-0.3, -0.25) is 0 Å². The summed E-state index contributed by atoms with van der Waals surface area (Å²) in [6, 6.07) is 9.10. The maximum atomic E-state index is 13.6. The monoisotopic (exact) mass is 356 g/mol. The van der Waals surface area contributed by atoms with Gasteiger partial charge in [-0.25, -0.2) is 21.9 Å². The average molecular weight is 356 g/mol. The molecule has 0 heterocycles. The summed E-state index contributed by atoms with van der Waals surface area (Å²) in [5, 5.41) is 10.1. The molecule has 130 valence electrons. The molecule has 0 aliphatic carbocycles. The molecule has 1 unspecified atom stereocenters. The van der Waals surface area contributed by atoms with Crippen LogP contribution in [0.1, 0.15) is 11.7 Å². The molecule has 24 heavy (non-hydrogen) atoms. The minimum Gasteiger partial charge on any atom is -0.387 e. The van der Waals surface area contributed by atoms with Crippen molar-refractivity contribution < 1.29 is 22.3 Å². The van der Waals surface area contributed by atoms with Crippen LogP contribution in [0.5, 0.6) is 0 Å². The summed E-state index contributed by atoms with van der Waals surface area (Å²) >= 11 is 0. The Hall–Kier alpha value is -2.03. The number of halogens is 2. The van der Waals surface area contributed by atoms with Gasteiger partial charge < -0.3 is 10.0 Å². The largest absolute Gasteiger partial charge is 0.387 e. The Bertz CT molecular complexity index is 809. The van der Waals surface area contributed by atoms with Crippen LogP contribution in [0.4, 0.5) is 14.5 Å². The number of rotatable bonds is 6. The maximum Gasteiger partial charge on any atom is 0.243 e. The first-order valence-electron chi connectivity index (χ1n) is 7.11. The lowest BCUT2D eigenvalue weighted by Crippen LogP contribution is -2.29. The van der Waals surface area contributed by atoms with E-state index >= 15 is 0 Å². The van der Waals surface area contributed by atoms with E-state index in [2.05, 4.69) is 4.72 Å². The highest BCUT2D eigenvalue weighted by molar-refractivity contribution is 7.89. The molecule has 0 aromatic heterocycles. The third-order valence-electron chi connectivity index (χ3n) is 3.44. The molecule has 0 aliphatic heterocycles. The molecule has 0 amide bonds. The molecule has 5 nitrogen and oxygen atoms in total. The maximum absolute atomic E-state index is 13.6. The number of sulfonamides is 1. The number of aliphatic hydroxyl groups is 1. The molecule has 0 saturated carbocycles. The van der Waals surface area contributed by atoms with Crippen molar-refractivity contribution in [3.8, 4) is 0 Å². The Balaban J connectivity index is 2.08. The third kappa shape index (κ3) is 4.28. The van der Waals surface area contributed by atoms with E-state index in [-0.39, 0.29) is 6.54 Å². The van der Waals surface area contributed by atoms with E-state index in [1.807, 2.05) is 19.0 Å². The van der Waals surface area contributed by atoms with Gasteiger partial charge in [-0.2, -0.15) is 0 Å². The molecule has 2 rings (SSSR count). The predicted octanol–water partition coefficient (Wildman–Crippen LogP) is 2.04. The van der Waals surface area contributed by atoms with E-state index in [1.165, 1.54) is 0 Å². The number of aliphatic hydroxyl groups excluding tert-OH is 1. The highest BCUT2D eigenvalue weighted by Gasteiger charge is 2.21. The smallest absolute Gasteiger partial charge is 0.243 e. The Morgan fingerprint density at radius 3 is 2.29 bits per heavy atom. The number of nitrogens with one attached hydrogen (secondary N) is 1. The van der Waals surface area contributed by atoms with Crippen molar-refractivity contribution >= 4 is 15.7 Å². The van der Waals surface area contributed by atoms with E-state index in [0.29, 0.717) is 11.6 Å². The first kappa shape index (κ1) is 18.3. The van der Waals surface area contributed by atoms with Gasteiger partial charge in [0, 0.05) is 32.4 Å². The van der Waals surface area contributed by atoms with Crippen LogP contribution in [0.2, 0.25) is 0 Å². The van der Waals surface area contributed by atoms with Crippen molar-refractivity contribution in [2.75, 3.05) is 25.5 Å². The fourth-order valence-corrected chi connectivity index (χ4v) is 3.17. The van der Waals surface area contributed by atoms with Gasteiger partial charge in [-0.15, -0.1) is 0 Å². The van der Waals surface area contributed by atoms with E-state index in [1.54, 1.807) is 24.3 Å². The lowest BCUT2D eigenvalue weighted by molar-refractivity contribution is 0.182.